The predicted molar refractivity (Wildman–Crippen MR) is 43.1 cm³/mol. The van der Waals surface area contributed by atoms with Crippen molar-refractivity contribution in [1.82, 2.24) is 9.78 Å². The maximum absolute atomic E-state index is 5.55. The highest BCUT2D eigenvalue weighted by Gasteiger charge is 1.99. The van der Waals surface area contributed by atoms with Crippen LogP contribution in [0.3, 0.4) is 0 Å². The molecule has 0 aromatic carbocycles. The Kier molecular flexibility index (Phi) is 3.39. The molecule has 10 heavy (non-hydrogen) atoms. The third kappa shape index (κ3) is 2.01. The van der Waals surface area contributed by atoms with Crippen molar-refractivity contribution in [1.29, 1.82) is 0 Å². The van der Waals surface area contributed by atoms with Crippen molar-refractivity contribution in [3.05, 3.63) is 18.0 Å². The number of hydrogen-bond donors (Lipinski definition) is 1. The molecule has 0 aliphatic carbocycles. The van der Waals surface area contributed by atoms with Crippen LogP contribution in [0.15, 0.2) is 12.3 Å². The summed E-state index contributed by atoms with van der Waals surface area (Å²) in [5.41, 5.74) is 6.49. The van der Waals surface area contributed by atoms with Gasteiger partial charge in [0.2, 0.25) is 0 Å². The van der Waals surface area contributed by atoms with Crippen LogP contribution in [-0.4, -0.2) is 9.78 Å². The van der Waals surface area contributed by atoms with Gasteiger partial charge < -0.3 is 5.73 Å². The summed E-state index contributed by atoms with van der Waals surface area (Å²) in [6.07, 6.45) is 1.89. The summed E-state index contributed by atoms with van der Waals surface area (Å²) in [6.45, 7) is 1.92. The van der Waals surface area contributed by atoms with Gasteiger partial charge in [-0.2, -0.15) is 5.10 Å². The van der Waals surface area contributed by atoms with Gasteiger partial charge in [-0.05, 0) is 13.0 Å². The van der Waals surface area contributed by atoms with E-state index in [9.17, 15) is 0 Å². The number of nitrogens with zero attached hydrogens (tertiary/aromatic N) is 2. The lowest BCUT2D eigenvalue weighted by Gasteiger charge is -1.96. The van der Waals surface area contributed by atoms with Crippen LogP contribution >= 0.6 is 12.4 Å². The van der Waals surface area contributed by atoms with Crippen molar-refractivity contribution in [3.63, 3.8) is 0 Å². The first-order valence-electron chi connectivity index (χ1n) is 2.95. The molecule has 58 valence electrons. The van der Waals surface area contributed by atoms with E-state index in [1.165, 1.54) is 0 Å². The highest BCUT2D eigenvalue weighted by atomic mass is 35.5. The Bertz CT molecular complexity index is 195. The van der Waals surface area contributed by atoms with Crippen LogP contribution in [0.4, 0.5) is 0 Å². The van der Waals surface area contributed by atoms with E-state index in [0.29, 0.717) is 0 Å². The largest absolute Gasteiger partial charge is 0.323 e. The summed E-state index contributed by atoms with van der Waals surface area (Å²) in [5.74, 6) is 0. The molecule has 1 atom stereocenters. The highest BCUT2D eigenvalue weighted by Crippen LogP contribution is 2.03. The van der Waals surface area contributed by atoms with Crippen LogP contribution in [0.25, 0.3) is 0 Å². The molecule has 0 saturated heterocycles. The first kappa shape index (κ1) is 9.46. The fraction of sp³-hybridized carbons (Fsp3) is 0.500. The molecule has 1 aromatic rings. The number of aryl methyl sites for hydroxylation is 1. The molecule has 2 N–H and O–H groups in total. The van der Waals surface area contributed by atoms with Crippen LogP contribution < -0.4 is 5.73 Å². The van der Waals surface area contributed by atoms with E-state index in [0.717, 1.165) is 5.69 Å². The van der Waals surface area contributed by atoms with Gasteiger partial charge in [0.25, 0.3) is 0 Å². The Morgan fingerprint density at radius 2 is 2.30 bits per heavy atom. The van der Waals surface area contributed by atoms with Crippen LogP contribution in [0.2, 0.25) is 0 Å². The monoisotopic (exact) mass is 161 g/mol. The molecular formula is C6H12ClN3. The third-order valence-corrected chi connectivity index (χ3v) is 1.20. The Balaban J connectivity index is 0.000000810. The van der Waals surface area contributed by atoms with Gasteiger partial charge in [0.05, 0.1) is 5.69 Å². The molecule has 1 rings (SSSR count). The van der Waals surface area contributed by atoms with Gasteiger partial charge in [0.15, 0.2) is 0 Å². The SMILES string of the molecule is CC(N)c1ccn(C)n1.Cl. The zero-order valence-electron chi connectivity index (χ0n) is 6.11. The minimum absolute atomic E-state index is 0. The predicted octanol–water partition coefficient (Wildman–Crippen LogP) is 0.862. The van der Waals surface area contributed by atoms with E-state index < -0.39 is 0 Å². The summed E-state index contributed by atoms with van der Waals surface area (Å²) in [4.78, 5) is 0. The quantitative estimate of drug-likeness (QED) is 0.664. The Morgan fingerprint density at radius 1 is 1.70 bits per heavy atom. The second-order valence-corrected chi connectivity index (χ2v) is 2.20. The smallest absolute Gasteiger partial charge is 0.0788 e. The van der Waals surface area contributed by atoms with Gasteiger partial charge in [-0.25, -0.2) is 0 Å². The number of aromatic nitrogens is 2. The number of nitrogens with two attached hydrogens (primary N) is 1. The maximum atomic E-state index is 5.55. The van der Waals surface area contributed by atoms with E-state index in [2.05, 4.69) is 5.10 Å². The summed E-state index contributed by atoms with van der Waals surface area (Å²) < 4.78 is 1.75. The van der Waals surface area contributed by atoms with Gasteiger partial charge in [-0.15, -0.1) is 12.4 Å². The van der Waals surface area contributed by atoms with E-state index in [-0.39, 0.29) is 18.4 Å². The second kappa shape index (κ2) is 3.58. The van der Waals surface area contributed by atoms with Gasteiger partial charge in [-0.3, -0.25) is 4.68 Å². The molecule has 1 heterocycles. The molecule has 4 heteroatoms. The second-order valence-electron chi connectivity index (χ2n) is 2.20. The van der Waals surface area contributed by atoms with Crippen molar-refractivity contribution in [3.8, 4) is 0 Å². The number of halogens is 1. The van der Waals surface area contributed by atoms with Crippen molar-refractivity contribution < 1.29 is 0 Å². The summed E-state index contributed by atoms with van der Waals surface area (Å²) in [6, 6.07) is 1.97. The fourth-order valence-electron chi connectivity index (χ4n) is 0.676. The number of hydrogen-bond acceptors (Lipinski definition) is 2. The lowest BCUT2D eigenvalue weighted by atomic mass is 10.3. The molecule has 0 aliphatic heterocycles. The topological polar surface area (TPSA) is 43.8 Å². The Labute approximate surface area is 66.6 Å². The Hall–Kier alpha value is -0.540. The number of rotatable bonds is 1. The summed E-state index contributed by atoms with van der Waals surface area (Å²) >= 11 is 0. The molecule has 3 nitrogen and oxygen atoms in total. The molecule has 0 radical (unpaired) electrons. The maximum Gasteiger partial charge on any atom is 0.0788 e. The first-order chi connectivity index (χ1) is 4.20. The minimum Gasteiger partial charge on any atom is -0.323 e. The average molecular weight is 162 g/mol. The van der Waals surface area contributed by atoms with Crippen molar-refractivity contribution in [2.75, 3.05) is 0 Å². The van der Waals surface area contributed by atoms with Gasteiger partial charge >= 0.3 is 0 Å². The first-order valence-corrected chi connectivity index (χ1v) is 2.95. The van der Waals surface area contributed by atoms with Gasteiger partial charge in [0, 0.05) is 19.3 Å². The fourth-order valence-corrected chi connectivity index (χ4v) is 0.676. The molecule has 1 unspecified atom stereocenters. The third-order valence-electron chi connectivity index (χ3n) is 1.20. The lowest BCUT2D eigenvalue weighted by Crippen LogP contribution is -2.06. The van der Waals surface area contributed by atoms with E-state index in [1.54, 1.807) is 4.68 Å². The molecule has 0 fully saturated rings. The standard InChI is InChI=1S/C6H11N3.ClH/c1-5(7)6-3-4-9(2)8-6;/h3-5H,7H2,1-2H3;1H. The van der Waals surface area contributed by atoms with E-state index >= 15 is 0 Å². The van der Waals surface area contributed by atoms with Crippen LogP contribution in [0.1, 0.15) is 18.7 Å². The van der Waals surface area contributed by atoms with Crippen molar-refractivity contribution in [2.24, 2.45) is 12.8 Å². The normalized spacial score (nSPS) is 12.3. The van der Waals surface area contributed by atoms with E-state index in [4.69, 9.17) is 5.73 Å². The van der Waals surface area contributed by atoms with Crippen molar-refractivity contribution in [2.45, 2.75) is 13.0 Å². The highest BCUT2D eigenvalue weighted by molar-refractivity contribution is 5.85. The van der Waals surface area contributed by atoms with Crippen molar-refractivity contribution >= 4 is 12.4 Å². The summed E-state index contributed by atoms with van der Waals surface area (Å²) in [5, 5.41) is 4.10. The zero-order valence-corrected chi connectivity index (χ0v) is 6.93. The molecular weight excluding hydrogens is 150 g/mol. The van der Waals surface area contributed by atoms with Crippen LogP contribution in [-0.2, 0) is 7.05 Å². The lowest BCUT2D eigenvalue weighted by molar-refractivity contribution is 0.699. The average Bonchev–Trinajstić information content (AvgIpc) is 2.14. The molecule has 0 aliphatic rings. The molecule has 0 amide bonds. The van der Waals surface area contributed by atoms with Crippen LogP contribution in [0, 0.1) is 0 Å². The molecule has 0 bridgehead atoms. The zero-order chi connectivity index (χ0) is 6.85. The van der Waals surface area contributed by atoms with Gasteiger partial charge in [-0.1, -0.05) is 0 Å². The molecule has 0 saturated carbocycles. The van der Waals surface area contributed by atoms with Crippen LogP contribution in [0.5, 0.6) is 0 Å². The van der Waals surface area contributed by atoms with Gasteiger partial charge in [0.1, 0.15) is 0 Å². The molecule has 0 spiro atoms. The Morgan fingerprint density at radius 3 is 2.50 bits per heavy atom. The summed E-state index contributed by atoms with van der Waals surface area (Å²) in [7, 11) is 1.88. The molecule has 1 aromatic heterocycles. The minimum atomic E-state index is 0. The van der Waals surface area contributed by atoms with E-state index in [1.807, 2.05) is 26.2 Å².